The van der Waals surface area contributed by atoms with E-state index < -0.39 is 81.4 Å². The average Bonchev–Trinajstić information content (AvgIpc) is 3.51. The topological polar surface area (TPSA) is 149 Å². The molecular weight excluding hydrogens is 484 g/mol. The molecule has 11 heteroatoms. The van der Waals surface area contributed by atoms with Crippen LogP contribution in [0.5, 0.6) is 0 Å². The minimum Gasteiger partial charge on any atom is -0.459 e. The Morgan fingerprint density at radius 3 is 2.26 bits per heavy atom. The summed E-state index contributed by atoms with van der Waals surface area (Å²) in [6.07, 6.45) is 1.51. The summed E-state index contributed by atoms with van der Waals surface area (Å²) < 4.78 is 22.4. The molecule has 0 aromatic rings. The van der Waals surface area contributed by atoms with Crippen LogP contribution in [0.1, 0.15) is 34.6 Å². The maximum absolute atomic E-state index is 12.9. The second-order valence-electron chi connectivity index (χ2n) is 10.2. The first kappa shape index (κ1) is 25.8. The highest BCUT2D eigenvalue weighted by atomic mass is 35.5. The van der Waals surface area contributed by atoms with Crippen LogP contribution in [0, 0.1) is 17.3 Å². The SMILES string of the molecule is CC(=O)OC1[C@@H]2[C@](C)(C=CC(=O)[C@@]2(C)O)[C@@H](OC(C)=O)/C=C/[C@@]2(CO2)[C@H](Cl)[C@@H]2OC(=O)[C@H](C)[C@@]12O. The fraction of sp³-hybridized carbons (Fsp3) is 0.667. The molecule has 0 amide bonds. The number of esters is 3. The van der Waals surface area contributed by atoms with E-state index in [1.807, 2.05) is 0 Å². The van der Waals surface area contributed by atoms with E-state index in [1.165, 1.54) is 32.9 Å². The number of alkyl halides is 1. The lowest BCUT2D eigenvalue weighted by molar-refractivity contribution is -0.225. The van der Waals surface area contributed by atoms with Crippen LogP contribution in [-0.2, 0) is 38.1 Å². The van der Waals surface area contributed by atoms with Gasteiger partial charge in [-0.25, -0.2) is 0 Å². The van der Waals surface area contributed by atoms with Crippen LogP contribution in [0.25, 0.3) is 0 Å². The molecule has 2 N–H and O–H groups in total. The molecule has 0 radical (unpaired) electrons. The van der Waals surface area contributed by atoms with Crippen molar-refractivity contribution in [1.82, 2.24) is 0 Å². The first-order valence-corrected chi connectivity index (χ1v) is 11.8. The van der Waals surface area contributed by atoms with E-state index in [2.05, 4.69) is 0 Å². The largest absolute Gasteiger partial charge is 0.459 e. The molecule has 0 saturated carbocycles. The van der Waals surface area contributed by atoms with E-state index in [0.29, 0.717) is 0 Å². The van der Waals surface area contributed by atoms with E-state index >= 15 is 0 Å². The number of carbonyl (C=O) groups is 4. The van der Waals surface area contributed by atoms with E-state index in [-0.39, 0.29) is 6.61 Å². The maximum atomic E-state index is 12.9. The van der Waals surface area contributed by atoms with Crippen molar-refractivity contribution in [2.75, 3.05) is 6.61 Å². The average molecular weight is 513 g/mol. The predicted octanol–water partition coefficient (Wildman–Crippen LogP) is 0.601. The zero-order valence-corrected chi connectivity index (χ0v) is 20.8. The van der Waals surface area contributed by atoms with Crippen molar-refractivity contribution >= 4 is 35.3 Å². The first-order valence-electron chi connectivity index (χ1n) is 11.3. The Kier molecular flexibility index (Phi) is 5.99. The Hall–Kier alpha value is -2.27. The fourth-order valence-corrected chi connectivity index (χ4v) is 6.19. The maximum Gasteiger partial charge on any atom is 0.312 e. The predicted molar refractivity (Wildman–Crippen MR) is 119 cm³/mol. The minimum absolute atomic E-state index is 0.132. The number of aliphatic hydroxyl groups is 2. The Labute approximate surface area is 207 Å². The zero-order chi connectivity index (χ0) is 26.1. The van der Waals surface area contributed by atoms with Gasteiger partial charge in [-0.3, -0.25) is 19.2 Å². The lowest BCUT2D eigenvalue weighted by Crippen LogP contribution is -2.70. The summed E-state index contributed by atoms with van der Waals surface area (Å²) in [4.78, 5) is 50.1. The molecule has 2 heterocycles. The Morgan fingerprint density at radius 2 is 1.71 bits per heavy atom. The summed E-state index contributed by atoms with van der Waals surface area (Å²) in [6, 6.07) is 0. The molecule has 10 atom stereocenters. The molecule has 192 valence electrons. The first-order chi connectivity index (χ1) is 16.1. The van der Waals surface area contributed by atoms with Crippen molar-refractivity contribution in [3.63, 3.8) is 0 Å². The number of halogens is 1. The number of ether oxygens (including phenoxy) is 4. The number of hydrogen-bond acceptors (Lipinski definition) is 10. The molecule has 0 bridgehead atoms. The molecule has 10 nitrogen and oxygen atoms in total. The highest BCUT2D eigenvalue weighted by Gasteiger charge is 2.72. The Balaban J connectivity index is 2.05. The fourth-order valence-electron chi connectivity index (χ4n) is 5.74. The highest BCUT2D eigenvalue weighted by molar-refractivity contribution is 6.22. The molecule has 2 fully saturated rings. The van der Waals surface area contributed by atoms with Crippen molar-refractivity contribution < 1.29 is 48.3 Å². The summed E-state index contributed by atoms with van der Waals surface area (Å²) in [5.74, 6) is -5.66. The molecule has 4 aliphatic rings. The van der Waals surface area contributed by atoms with Crippen molar-refractivity contribution in [3.8, 4) is 0 Å². The highest BCUT2D eigenvalue weighted by Crippen LogP contribution is 2.56. The molecule has 1 unspecified atom stereocenters. The number of epoxide rings is 1. The van der Waals surface area contributed by atoms with Crippen LogP contribution >= 0.6 is 11.6 Å². The molecule has 0 aromatic carbocycles. The van der Waals surface area contributed by atoms with Crippen LogP contribution in [0.3, 0.4) is 0 Å². The van der Waals surface area contributed by atoms with Gasteiger partial charge in [-0.05, 0) is 32.1 Å². The van der Waals surface area contributed by atoms with E-state index in [9.17, 15) is 29.4 Å². The molecule has 2 aliphatic carbocycles. The van der Waals surface area contributed by atoms with Gasteiger partial charge < -0.3 is 29.2 Å². The number of rotatable bonds is 2. The van der Waals surface area contributed by atoms with Crippen LogP contribution in [0.2, 0.25) is 0 Å². The standard InChI is InChI=1S/C24H29ClO10/c1-11-20(29)35-19-17(25)23(10-32-23)9-7-15(33-12(2)26)21(4)8-6-14(28)22(5,30)16(21)18(24(11,19)31)34-13(3)27/h6-9,11,15-19,30-31H,10H2,1-5H3/b9-7+/t11-,15-,16+,17+,18?,19-,21+,22+,23+,24+/m0/s1. The zero-order valence-electron chi connectivity index (χ0n) is 20.0. The smallest absolute Gasteiger partial charge is 0.312 e. The van der Waals surface area contributed by atoms with Crippen molar-refractivity contribution in [2.45, 2.75) is 75.1 Å². The summed E-state index contributed by atoms with van der Waals surface area (Å²) in [5, 5.41) is 22.6. The van der Waals surface area contributed by atoms with Crippen molar-refractivity contribution in [1.29, 1.82) is 0 Å². The molecule has 2 saturated heterocycles. The lowest BCUT2D eigenvalue weighted by atomic mass is 9.55. The van der Waals surface area contributed by atoms with Crippen LogP contribution in [0.15, 0.2) is 24.3 Å². The van der Waals surface area contributed by atoms with Crippen molar-refractivity contribution in [2.24, 2.45) is 17.3 Å². The quantitative estimate of drug-likeness (QED) is 0.177. The van der Waals surface area contributed by atoms with E-state index in [4.69, 9.17) is 30.5 Å². The second-order valence-corrected chi connectivity index (χ2v) is 10.7. The number of hydrogen-bond donors (Lipinski definition) is 2. The third kappa shape index (κ3) is 3.73. The van der Waals surface area contributed by atoms with Gasteiger partial charge in [0.25, 0.3) is 0 Å². The summed E-state index contributed by atoms with van der Waals surface area (Å²) in [7, 11) is 0. The van der Waals surface area contributed by atoms with Gasteiger partial charge >= 0.3 is 17.9 Å². The normalized spacial score (nSPS) is 49.5. The van der Waals surface area contributed by atoms with Crippen LogP contribution in [-0.4, -0.2) is 81.0 Å². The minimum atomic E-state index is -2.28. The van der Waals surface area contributed by atoms with Crippen LogP contribution in [0.4, 0.5) is 0 Å². The van der Waals surface area contributed by atoms with E-state index in [1.54, 1.807) is 13.0 Å². The van der Waals surface area contributed by atoms with Gasteiger partial charge in [-0.1, -0.05) is 13.0 Å². The Morgan fingerprint density at radius 1 is 1.11 bits per heavy atom. The third-order valence-corrected chi connectivity index (χ3v) is 8.43. The van der Waals surface area contributed by atoms with Gasteiger partial charge in [0.15, 0.2) is 17.5 Å². The lowest BCUT2D eigenvalue weighted by Gasteiger charge is -2.54. The molecule has 0 aromatic heterocycles. The summed E-state index contributed by atoms with van der Waals surface area (Å²) in [5.41, 5.74) is -7.05. The molecule has 2 aliphatic heterocycles. The third-order valence-electron chi connectivity index (χ3n) is 7.84. The summed E-state index contributed by atoms with van der Waals surface area (Å²) >= 11 is 6.75. The van der Waals surface area contributed by atoms with E-state index in [0.717, 1.165) is 13.0 Å². The number of fused-ring (bicyclic) bond motifs is 2. The van der Waals surface area contributed by atoms with Gasteiger partial charge in [0.1, 0.15) is 28.8 Å². The Bertz CT molecular complexity index is 1030. The van der Waals surface area contributed by atoms with Gasteiger partial charge in [0.2, 0.25) is 0 Å². The number of carbonyl (C=O) groups excluding carboxylic acids is 4. The molecule has 1 spiro atoms. The van der Waals surface area contributed by atoms with Crippen LogP contribution < -0.4 is 0 Å². The molecule has 35 heavy (non-hydrogen) atoms. The summed E-state index contributed by atoms with van der Waals surface area (Å²) in [6.45, 7) is 6.65. The van der Waals surface area contributed by atoms with Gasteiger partial charge in [0.05, 0.1) is 12.5 Å². The van der Waals surface area contributed by atoms with Gasteiger partial charge in [0, 0.05) is 25.2 Å². The number of ketones is 1. The molecule has 4 rings (SSSR count). The van der Waals surface area contributed by atoms with Gasteiger partial charge in [-0.15, -0.1) is 11.6 Å². The van der Waals surface area contributed by atoms with Gasteiger partial charge in [-0.2, -0.15) is 0 Å². The monoisotopic (exact) mass is 512 g/mol. The van der Waals surface area contributed by atoms with Crippen molar-refractivity contribution in [3.05, 3.63) is 24.3 Å². The second kappa shape index (κ2) is 8.12. The molecular formula is C24H29ClO10.